The van der Waals surface area contributed by atoms with Crippen LogP contribution in [0.1, 0.15) is 63.9 Å². The molecule has 3 aromatic rings. The van der Waals surface area contributed by atoms with Gasteiger partial charge in [-0.1, -0.05) is 11.8 Å². The molecule has 2 aliphatic rings. The average molecular weight is 472 g/mol. The van der Waals surface area contributed by atoms with Crippen LogP contribution >= 0.6 is 23.1 Å². The maximum absolute atomic E-state index is 13.5. The number of rotatable bonds is 8. The van der Waals surface area contributed by atoms with Gasteiger partial charge in [-0.25, -0.2) is 4.98 Å². The van der Waals surface area contributed by atoms with Crippen LogP contribution in [-0.2, 0) is 24.1 Å². The van der Waals surface area contributed by atoms with Crippen molar-refractivity contribution >= 4 is 39.1 Å². The van der Waals surface area contributed by atoms with E-state index in [1.807, 2.05) is 13.0 Å². The molecule has 170 valence electrons. The predicted molar refractivity (Wildman–Crippen MR) is 130 cm³/mol. The quantitative estimate of drug-likeness (QED) is 0.270. The number of carbonyl (C=O) groups is 1. The van der Waals surface area contributed by atoms with Gasteiger partial charge in [0.05, 0.1) is 24.3 Å². The smallest absolute Gasteiger partial charge is 0.263 e. The van der Waals surface area contributed by atoms with Crippen molar-refractivity contribution in [2.45, 2.75) is 70.1 Å². The highest BCUT2D eigenvalue weighted by Crippen LogP contribution is 2.39. The van der Waals surface area contributed by atoms with E-state index < -0.39 is 0 Å². The summed E-state index contributed by atoms with van der Waals surface area (Å²) < 4.78 is 9.26. The highest BCUT2D eigenvalue weighted by atomic mass is 32.2. The van der Waals surface area contributed by atoms with Crippen molar-refractivity contribution < 1.29 is 9.53 Å². The summed E-state index contributed by atoms with van der Waals surface area (Å²) >= 11 is 3.02. The van der Waals surface area contributed by atoms with Gasteiger partial charge >= 0.3 is 0 Å². The Kier molecular flexibility index (Phi) is 6.03. The van der Waals surface area contributed by atoms with E-state index >= 15 is 0 Å². The van der Waals surface area contributed by atoms with Gasteiger partial charge in [0.15, 0.2) is 10.9 Å². The van der Waals surface area contributed by atoms with Crippen molar-refractivity contribution in [3.63, 3.8) is 0 Å². The van der Waals surface area contributed by atoms with E-state index in [0.29, 0.717) is 24.3 Å². The number of carbonyl (C=O) groups excluding carboxylic acids is 1. The van der Waals surface area contributed by atoms with E-state index in [1.165, 1.54) is 41.5 Å². The second-order valence-electron chi connectivity index (χ2n) is 8.83. The third-order valence-electron chi connectivity index (χ3n) is 6.59. The van der Waals surface area contributed by atoms with Gasteiger partial charge in [-0.3, -0.25) is 14.2 Å². The molecular formula is C24H29N3O3S2. The second-order valence-corrected chi connectivity index (χ2v) is 10.9. The first-order valence-corrected chi connectivity index (χ1v) is 13.2. The van der Waals surface area contributed by atoms with Crippen LogP contribution in [0, 0.1) is 13.8 Å². The minimum atomic E-state index is 0.00769. The van der Waals surface area contributed by atoms with Gasteiger partial charge in [0, 0.05) is 35.0 Å². The summed E-state index contributed by atoms with van der Waals surface area (Å²) in [6, 6.07) is 2.57. The average Bonchev–Trinajstić information content (AvgIpc) is 3.47. The molecule has 0 N–H and O–H groups in total. The molecule has 0 unspecified atom stereocenters. The SMILES string of the molecule is COCCn1c(SCC(=O)c2cc(C)n(C3CC3)c2C)nc2sc3c(c2c1=O)CCCC3. The number of ketones is 1. The normalized spacial score (nSPS) is 16.0. The Hall–Kier alpha value is -1.90. The Labute approximate surface area is 196 Å². The Morgan fingerprint density at radius 1 is 1.28 bits per heavy atom. The van der Waals surface area contributed by atoms with Crippen LogP contribution in [0.25, 0.3) is 10.2 Å². The lowest BCUT2D eigenvalue weighted by Gasteiger charge is -2.13. The topological polar surface area (TPSA) is 66.1 Å². The molecular weight excluding hydrogens is 442 g/mol. The summed E-state index contributed by atoms with van der Waals surface area (Å²) in [6.45, 7) is 4.99. The monoisotopic (exact) mass is 471 g/mol. The fourth-order valence-corrected chi connectivity index (χ4v) is 7.08. The molecule has 0 radical (unpaired) electrons. The van der Waals surface area contributed by atoms with E-state index in [2.05, 4.69) is 11.5 Å². The number of nitrogens with zero attached hydrogens (tertiary/aromatic N) is 3. The Balaban J connectivity index is 1.46. The molecule has 0 amide bonds. The number of methoxy groups -OCH3 is 1. The first kappa shape index (κ1) is 21.9. The minimum absolute atomic E-state index is 0.00769. The van der Waals surface area contributed by atoms with E-state index in [9.17, 15) is 9.59 Å². The molecule has 8 heteroatoms. The van der Waals surface area contributed by atoms with Crippen LogP contribution < -0.4 is 5.56 Å². The maximum Gasteiger partial charge on any atom is 0.263 e. The van der Waals surface area contributed by atoms with Crippen molar-refractivity contribution in [1.29, 1.82) is 0 Å². The van der Waals surface area contributed by atoms with Gasteiger partial charge in [0.25, 0.3) is 5.56 Å². The molecule has 0 saturated heterocycles. The zero-order chi connectivity index (χ0) is 22.4. The lowest BCUT2D eigenvalue weighted by molar-refractivity contribution is 0.102. The molecule has 0 atom stereocenters. The number of hydrogen-bond donors (Lipinski definition) is 0. The largest absolute Gasteiger partial charge is 0.383 e. The second kappa shape index (κ2) is 8.80. The van der Waals surface area contributed by atoms with Crippen molar-refractivity contribution in [3.8, 4) is 0 Å². The molecule has 0 bridgehead atoms. The summed E-state index contributed by atoms with van der Waals surface area (Å²) in [5.41, 5.74) is 4.20. The van der Waals surface area contributed by atoms with Gasteiger partial charge < -0.3 is 9.30 Å². The van der Waals surface area contributed by atoms with Crippen LogP contribution in [0.2, 0.25) is 0 Å². The number of fused-ring (bicyclic) bond motifs is 3. The minimum Gasteiger partial charge on any atom is -0.383 e. The Morgan fingerprint density at radius 2 is 2.06 bits per heavy atom. The third-order valence-corrected chi connectivity index (χ3v) is 8.75. The third kappa shape index (κ3) is 3.86. The van der Waals surface area contributed by atoms with Crippen molar-refractivity contribution in [1.82, 2.24) is 14.1 Å². The fraction of sp³-hybridized carbons (Fsp3) is 0.542. The lowest BCUT2D eigenvalue weighted by Crippen LogP contribution is -2.26. The summed E-state index contributed by atoms with van der Waals surface area (Å²) in [5, 5.41) is 1.40. The van der Waals surface area contributed by atoms with Crippen LogP contribution in [0.15, 0.2) is 16.0 Å². The van der Waals surface area contributed by atoms with E-state index in [-0.39, 0.29) is 17.1 Å². The van der Waals surface area contributed by atoms with Crippen molar-refractivity contribution in [2.75, 3.05) is 19.5 Å². The Morgan fingerprint density at radius 3 is 2.81 bits per heavy atom. The molecule has 32 heavy (non-hydrogen) atoms. The highest BCUT2D eigenvalue weighted by molar-refractivity contribution is 7.99. The van der Waals surface area contributed by atoms with Crippen molar-refractivity contribution in [3.05, 3.63) is 43.8 Å². The molecule has 1 saturated carbocycles. The molecule has 0 aromatic carbocycles. The number of thioether (sulfide) groups is 1. The first-order valence-electron chi connectivity index (χ1n) is 11.4. The van der Waals surface area contributed by atoms with Gasteiger partial charge in [0.1, 0.15) is 4.83 Å². The van der Waals surface area contributed by atoms with Crippen LogP contribution in [0.5, 0.6) is 0 Å². The van der Waals surface area contributed by atoms with Gasteiger partial charge in [0.2, 0.25) is 0 Å². The molecule has 3 aromatic heterocycles. The molecule has 3 heterocycles. The van der Waals surface area contributed by atoms with Gasteiger partial charge in [-0.05, 0) is 64.0 Å². The highest BCUT2D eigenvalue weighted by Gasteiger charge is 2.28. The number of aromatic nitrogens is 3. The molecule has 5 rings (SSSR count). The van der Waals surface area contributed by atoms with Crippen LogP contribution in [-0.4, -0.2) is 39.4 Å². The molecule has 0 aliphatic heterocycles. The summed E-state index contributed by atoms with van der Waals surface area (Å²) in [4.78, 5) is 33.6. The summed E-state index contributed by atoms with van der Waals surface area (Å²) in [5.74, 6) is 0.360. The zero-order valence-corrected chi connectivity index (χ0v) is 20.5. The molecule has 6 nitrogen and oxygen atoms in total. The van der Waals surface area contributed by atoms with Gasteiger partial charge in [-0.2, -0.15) is 0 Å². The fourth-order valence-electron chi connectivity index (χ4n) is 4.87. The van der Waals surface area contributed by atoms with E-state index in [0.717, 1.165) is 46.4 Å². The van der Waals surface area contributed by atoms with Crippen molar-refractivity contribution in [2.24, 2.45) is 0 Å². The number of aryl methyl sites for hydroxylation is 3. The number of ether oxygens (including phenoxy) is 1. The molecule has 2 aliphatic carbocycles. The van der Waals surface area contributed by atoms with E-state index in [1.54, 1.807) is 23.0 Å². The number of thiophene rings is 1. The lowest BCUT2D eigenvalue weighted by atomic mass is 9.97. The first-order chi connectivity index (χ1) is 15.5. The van der Waals surface area contributed by atoms with Gasteiger partial charge in [-0.15, -0.1) is 11.3 Å². The number of hydrogen-bond acceptors (Lipinski definition) is 6. The zero-order valence-electron chi connectivity index (χ0n) is 18.9. The number of Topliss-reactive ketones (excluding diaryl/α,β-unsaturated/α-hetero) is 1. The summed E-state index contributed by atoms with van der Waals surface area (Å²) in [6.07, 6.45) is 6.68. The molecule has 0 spiro atoms. The summed E-state index contributed by atoms with van der Waals surface area (Å²) in [7, 11) is 1.63. The molecule has 1 fully saturated rings. The Bertz CT molecular complexity index is 1250. The van der Waals surface area contributed by atoms with Crippen LogP contribution in [0.3, 0.4) is 0 Å². The van der Waals surface area contributed by atoms with Crippen LogP contribution in [0.4, 0.5) is 0 Å². The maximum atomic E-state index is 13.5. The van der Waals surface area contributed by atoms with E-state index in [4.69, 9.17) is 9.72 Å². The predicted octanol–water partition coefficient (Wildman–Crippen LogP) is 4.71. The standard InChI is InChI=1S/C24H29N3O3S2/c1-14-12-18(15(2)27(14)16-8-9-16)19(28)13-31-24-25-22-21(23(29)26(24)10-11-30-3)17-6-4-5-7-20(17)32-22/h12,16H,4-11,13H2,1-3H3.